The zero-order valence-corrected chi connectivity index (χ0v) is 11.8. The van der Waals surface area contributed by atoms with Crippen LogP contribution in [0.25, 0.3) is 0 Å². The summed E-state index contributed by atoms with van der Waals surface area (Å²) in [4.78, 5) is 11.6. The number of ether oxygens (including phenoxy) is 1. The Hall–Kier alpha value is -1.42. The summed E-state index contributed by atoms with van der Waals surface area (Å²) >= 11 is 0. The number of nitrogens with one attached hydrogen (secondary N) is 1. The highest BCUT2D eigenvalue weighted by Gasteiger charge is 2.17. The van der Waals surface area contributed by atoms with E-state index < -0.39 is 0 Å². The third-order valence-corrected chi connectivity index (χ3v) is 2.92. The van der Waals surface area contributed by atoms with Crippen molar-refractivity contribution in [2.45, 2.75) is 39.7 Å². The van der Waals surface area contributed by atoms with Gasteiger partial charge in [0.1, 0.15) is 5.82 Å². The molecule has 0 saturated carbocycles. The molecule has 1 rings (SSSR count). The molecule has 0 aromatic heterocycles. The number of benzene rings is 1. The molecule has 0 bridgehead atoms. The largest absolute Gasteiger partial charge is 0.466 e. The van der Waals surface area contributed by atoms with Gasteiger partial charge in [0, 0.05) is 6.04 Å². The van der Waals surface area contributed by atoms with E-state index >= 15 is 0 Å². The molecule has 4 heteroatoms. The normalized spacial score (nSPS) is 12.2. The highest BCUT2D eigenvalue weighted by Crippen LogP contribution is 2.20. The van der Waals surface area contributed by atoms with Crippen LogP contribution in [0.5, 0.6) is 0 Å². The van der Waals surface area contributed by atoms with Crippen LogP contribution in [0.1, 0.15) is 43.9 Å². The molecule has 0 aliphatic heterocycles. The molecule has 1 atom stereocenters. The first-order valence-corrected chi connectivity index (χ1v) is 6.73. The van der Waals surface area contributed by atoms with Gasteiger partial charge in [0.2, 0.25) is 0 Å². The Morgan fingerprint density at radius 2 is 2.16 bits per heavy atom. The second kappa shape index (κ2) is 7.89. The van der Waals surface area contributed by atoms with Gasteiger partial charge in [-0.25, -0.2) is 4.39 Å². The van der Waals surface area contributed by atoms with Crippen LogP contribution in [0, 0.1) is 12.7 Å². The summed E-state index contributed by atoms with van der Waals surface area (Å²) in [5.41, 5.74) is 1.39. The molecular formula is C15H22FNO2. The molecule has 1 aromatic rings. The molecule has 0 spiro atoms. The molecule has 19 heavy (non-hydrogen) atoms. The fourth-order valence-corrected chi connectivity index (χ4v) is 1.84. The third kappa shape index (κ3) is 4.99. The summed E-state index contributed by atoms with van der Waals surface area (Å²) in [6.07, 6.45) is 1.17. The van der Waals surface area contributed by atoms with E-state index in [1.807, 2.05) is 13.0 Å². The highest BCUT2D eigenvalue weighted by atomic mass is 19.1. The third-order valence-electron chi connectivity index (χ3n) is 2.92. The second-order valence-corrected chi connectivity index (χ2v) is 4.52. The van der Waals surface area contributed by atoms with Gasteiger partial charge in [-0.15, -0.1) is 0 Å². The Bertz CT molecular complexity index is 421. The van der Waals surface area contributed by atoms with Gasteiger partial charge in [-0.2, -0.15) is 0 Å². The monoisotopic (exact) mass is 267 g/mol. The zero-order valence-electron chi connectivity index (χ0n) is 11.8. The van der Waals surface area contributed by atoms with Gasteiger partial charge in [0.05, 0.1) is 13.0 Å². The van der Waals surface area contributed by atoms with E-state index in [0.29, 0.717) is 12.2 Å². The maximum absolute atomic E-state index is 13.6. The number of carbonyl (C=O) groups is 1. The lowest BCUT2D eigenvalue weighted by Gasteiger charge is -2.18. The van der Waals surface area contributed by atoms with Gasteiger partial charge in [-0.3, -0.25) is 4.79 Å². The van der Waals surface area contributed by atoms with Crippen molar-refractivity contribution in [3.05, 3.63) is 35.1 Å². The lowest BCUT2D eigenvalue weighted by molar-refractivity contribution is -0.143. The first kappa shape index (κ1) is 15.6. The van der Waals surface area contributed by atoms with Gasteiger partial charge in [0.15, 0.2) is 0 Å². The fraction of sp³-hybridized carbons (Fsp3) is 0.533. The Balaban J connectivity index is 2.82. The van der Waals surface area contributed by atoms with Crippen molar-refractivity contribution in [3.63, 3.8) is 0 Å². The van der Waals surface area contributed by atoms with E-state index in [9.17, 15) is 9.18 Å². The van der Waals surface area contributed by atoms with E-state index in [0.717, 1.165) is 18.5 Å². The molecule has 0 heterocycles. The maximum Gasteiger partial charge on any atom is 0.307 e. The molecule has 0 aliphatic carbocycles. The average molecular weight is 267 g/mol. The number of hydrogen-bond acceptors (Lipinski definition) is 3. The smallest absolute Gasteiger partial charge is 0.307 e. The lowest BCUT2D eigenvalue weighted by Crippen LogP contribution is -2.25. The predicted molar refractivity (Wildman–Crippen MR) is 73.4 cm³/mol. The van der Waals surface area contributed by atoms with Crippen molar-refractivity contribution in [2.75, 3.05) is 13.2 Å². The fourth-order valence-electron chi connectivity index (χ4n) is 1.84. The van der Waals surface area contributed by atoms with Gasteiger partial charge in [-0.1, -0.05) is 19.1 Å². The molecule has 106 valence electrons. The molecule has 1 unspecified atom stereocenters. The Kier molecular flexibility index (Phi) is 6.50. The van der Waals surface area contributed by atoms with Crippen LogP contribution in [0.2, 0.25) is 0 Å². The number of aryl methyl sites for hydroxylation is 1. The standard InChI is InChI=1S/C15H22FNO2/c1-4-8-17-14(10-15(18)19-5-2)12-7-6-11(3)13(16)9-12/h6-7,9,14,17H,4-5,8,10H2,1-3H3. The summed E-state index contributed by atoms with van der Waals surface area (Å²) in [6.45, 7) is 6.68. The Morgan fingerprint density at radius 1 is 1.42 bits per heavy atom. The average Bonchev–Trinajstić information content (AvgIpc) is 2.38. The van der Waals surface area contributed by atoms with Gasteiger partial charge in [0.25, 0.3) is 0 Å². The molecule has 1 aromatic carbocycles. The number of carbonyl (C=O) groups excluding carboxylic acids is 1. The van der Waals surface area contributed by atoms with Crippen LogP contribution in [-0.2, 0) is 9.53 Å². The van der Waals surface area contributed by atoms with E-state index in [2.05, 4.69) is 5.32 Å². The van der Waals surface area contributed by atoms with E-state index in [1.54, 1.807) is 19.9 Å². The van der Waals surface area contributed by atoms with Gasteiger partial charge < -0.3 is 10.1 Å². The quantitative estimate of drug-likeness (QED) is 0.771. The second-order valence-electron chi connectivity index (χ2n) is 4.52. The molecular weight excluding hydrogens is 245 g/mol. The molecule has 0 radical (unpaired) electrons. The SMILES string of the molecule is CCCNC(CC(=O)OCC)c1ccc(C)c(F)c1. The van der Waals surface area contributed by atoms with Crippen LogP contribution in [0.15, 0.2) is 18.2 Å². The number of hydrogen-bond donors (Lipinski definition) is 1. The number of rotatable bonds is 7. The van der Waals surface area contributed by atoms with Crippen molar-refractivity contribution in [1.82, 2.24) is 5.32 Å². The molecule has 1 N–H and O–H groups in total. The molecule has 0 aliphatic rings. The molecule has 0 fully saturated rings. The molecule has 0 amide bonds. The van der Waals surface area contributed by atoms with Crippen LogP contribution in [-0.4, -0.2) is 19.1 Å². The summed E-state index contributed by atoms with van der Waals surface area (Å²) < 4.78 is 18.6. The van der Waals surface area contributed by atoms with Crippen molar-refractivity contribution in [2.24, 2.45) is 0 Å². The van der Waals surface area contributed by atoms with E-state index in [4.69, 9.17) is 4.74 Å². The molecule has 0 saturated heterocycles. The summed E-state index contributed by atoms with van der Waals surface area (Å²) in [6, 6.07) is 4.87. The summed E-state index contributed by atoms with van der Waals surface area (Å²) in [7, 11) is 0. The van der Waals surface area contributed by atoms with Gasteiger partial charge >= 0.3 is 5.97 Å². The van der Waals surface area contributed by atoms with Crippen LogP contribution >= 0.6 is 0 Å². The summed E-state index contributed by atoms with van der Waals surface area (Å²) in [5.74, 6) is -0.512. The predicted octanol–water partition coefficient (Wildman–Crippen LogP) is 3.13. The van der Waals surface area contributed by atoms with Crippen molar-refractivity contribution < 1.29 is 13.9 Å². The highest BCUT2D eigenvalue weighted by molar-refractivity contribution is 5.70. The van der Waals surface area contributed by atoms with Crippen LogP contribution in [0.3, 0.4) is 0 Å². The maximum atomic E-state index is 13.6. The molecule has 3 nitrogen and oxygen atoms in total. The topological polar surface area (TPSA) is 38.3 Å². The first-order valence-electron chi connectivity index (χ1n) is 6.73. The minimum atomic E-state index is -0.267. The van der Waals surface area contributed by atoms with E-state index in [1.165, 1.54) is 6.07 Å². The zero-order chi connectivity index (χ0) is 14.3. The van der Waals surface area contributed by atoms with Gasteiger partial charge in [-0.05, 0) is 44.0 Å². The van der Waals surface area contributed by atoms with Crippen molar-refractivity contribution in [3.8, 4) is 0 Å². The van der Waals surface area contributed by atoms with E-state index in [-0.39, 0.29) is 24.2 Å². The first-order chi connectivity index (χ1) is 9.08. The van der Waals surface area contributed by atoms with Crippen molar-refractivity contribution in [1.29, 1.82) is 0 Å². The Labute approximate surface area is 114 Å². The minimum Gasteiger partial charge on any atom is -0.466 e. The van der Waals surface area contributed by atoms with Crippen LogP contribution < -0.4 is 5.32 Å². The minimum absolute atomic E-state index is 0.200. The lowest BCUT2D eigenvalue weighted by atomic mass is 10.0. The van der Waals surface area contributed by atoms with Crippen LogP contribution in [0.4, 0.5) is 4.39 Å². The summed E-state index contributed by atoms with van der Waals surface area (Å²) in [5, 5.41) is 3.25. The van der Waals surface area contributed by atoms with Crippen molar-refractivity contribution >= 4 is 5.97 Å². The number of esters is 1. The Morgan fingerprint density at radius 3 is 2.74 bits per heavy atom. The number of halogens is 1.